The lowest BCUT2D eigenvalue weighted by Gasteiger charge is -2.30. The van der Waals surface area contributed by atoms with Gasteiger partial charge in [-0.3, -0.25) is 19.8 Å². The number of aliphatic hydroxyl groups is 1. The van der Waals surface area contributed by atoms with Gasteiger partial charge in [-0.05, 0) is 55.4 Å². The average Bonchev–Trinajstić information content (AvgIpc) is 2.96. The van der Waals surface area contributed by atoms with Crippen LogP contribution >= 0.6 is 0 Å². The number of aliphatic hydroxyl groups excluding tert-OH is 1. The van der Waals surface area contributed by atoms with E-state index in [4.69, 9.17) is 6.42 Å². The zero-order chi connectivity index (χ0) is 31.1. The van der Waals surface area contributed by atoms with Gasteiger partial charge in [-0.1, -0.05) is 70.9 Å². The first-order valence-corrected chi connectivity index (χ1v) is 15.1. The summed E-state index contributed by atoms with van der Waals surface area (Å²) >= 11 is 0. The average molecular weight is 577 g/mol. The minimum Gasteiger partial charge on any atom is -0.390 e. The molecule has 2 aromatic carbocycles. The second-order valence-corrected chi connectivity index (χ2v) is 11.2. The number of hydrazine groups is 1. The molecule has 2 rings (SSSR count). The third-order valence-corrected chi connectivity index (χ3v) is 6.74. The molecule has 2 atom stereocenters. The molecule has 0 aliphatic carbocycles. The molecule has 42 heavy (non-hydrogen) atoms. The van der Waals surface area contributed by atoms with Gasteiger partial charge >= 0.3 is 0 Å². The van der Waals surface area contributed by atoms with Gasteiger partial charge in [0.05, 0.1) is 12.1 Å². The zero-order valence-corrected chi connectivity index (χ0v) is 25.9. The van der Waals surface area contributed by atoms with Crippen LogP contribution in [0.1, 0.15) is 92.1 Å². The fraction of sp³-hybridized carbons (Fsp3) is 0.500. The maximum Gasteiger partial charge on any atom is 0.253 e. The van der Waals surface area contributed by atoms with Crippen LogP contribution in [0.5, 0.6) is 0 Å². The van der Waals surface area contributed by atoms with Gasteiger partial charge in [0.2, 0.25) is 5.91 Å². The van der Waals surface area contributed by atoms with Gasteiger partial charge in [0, 0.05) is 49.3 Å². The Labute approximate surface area is 251 Å². The maximum absolute atomic E-state index is 13.6. The van der Waals surface area contributed by atoms with Crippen LogP contribution in [0, 0.1) is 18.3 Å². The number of nitrogens with one attached hydrogen (secondary N) is 2. The van der Waals surface area contributed by atoms with E-state index in [-0.39, 0.29) is 29.8 Å². The molecule has 0 aliphatic rings. The number of carbonyl (C=O) groups excluding carboxylic acids is 3. The molecule has 0 aromatic heterocycles. The van der Waals surface area contributed by atoms with E-state index in [1.165, 1.54) is 0 Å². The standard InChI is InChI=1S/C34H48N4O4/c1-7-16-37(17-8-2)34(42)29-21-26(10-4)20-28(23-29)33(41)35-30(22-27-14-12-11-13-15-27)31(39)24-38(18-9-3)36-32(40)19-25(5)6/h4,11-15,20-21,23,25,30-31,39H,7-9,16-19,22,24H2,1-3,5-6H3,(H,35,41)(H,36,40). The molecular formula is C34H48N4O4. The number of amides is 3. The van der Waals surface area contributed by atoms with Crippen molar-refractivity contribution in [1.29, 1.82) is 0 Å². The third kappa shape index (κ3) is 11.3. The van der Waals surface area contributed by atoms with Crippen LogP contribution in [-0.2, 0) is 11.2 Å². The van der Waals surface area contributed by atoms with Crippen molar-refractivity contribution in [3.05, 3.63) is 70.8 Å². The van der Waals surface area contributed by atoms with Gasteiger partial charge in [-0.25, -0.2) is 5.01 Å². The van der Waals surface area contributed by atoms with E-state index in [0.717, 1.165) is 24.8 Å². The molecule has 0 bridgehead atoms. The Morgan fingerprint density at radius 1 is 0.929 bits per heavy atom. The Morgan fingerprint density at radius 3 is 2.12 bits per heavy atom. The lowest BCUT2D eigenvalue weighted by molar-refractivity contribution is -0.127. The molecule has 8 heteroatoms. The first-order valence-electron chi connectivity index (χ1n) is 15.1. The monoisotopic (exact) mass is 576 g/mol. The Bertz CT molecular complexity index is 1190. The van der Waals surface area contributed by atoms with Crippen molar-refractivity contribution in [1.82, 2.24) is 20.7 Å². The zero-order valence-electron chi connectivity index (χ0n) is 25.9. The number of hydrogen-bond acceptors (Lipinski definition) is 5. The number of benzene rings is 2. The van der Waals surface area contributed by atoms with Crippen LogP contribution in [0.2, 0.25) is 0 Å². The van der Waals surface area contributed by atoms with Crippen molar-refractivity contribution < 1.29 is 19.5 Å². The lowest BCUT2D eigenvalue weighted by Crippen LogP contribution is -2.53. The van der Waals surface area contributed by atoms with E-state index in [0.29, 0.717) is 43.6 Å². The van der Waals surface area contributed by atoms with Gasteiger partial charge in [-0.2, -0.15) is 0 Å². The Balaban J connectivity index is 2.34. The van der Waals surface area contributed by atoms with E-state index in [9.17, 15) is 19.5 Å². The number of nitrogens with zero attached hydrogens (tertiary/aromatic N) is 2. The Morgan fingerprint density at radius 2 is 1.55 bits per heavy atom. The molecule has 0 radical (unpaired) electrons. The van der Waals surface area contributed by atoms with E-state index in [1.807, 2.05) is 65.0 Å². The molecule has 0 aliphatic heterocycles. The van der Waals surface area contributed by atoms with Crippen molar-refractivity contribution in [2.24, 2.45) is 5.92 Å². The fourth-order valence-electron chi connectivity index (χ4n) is 4.81. The molecule has 8 nitrogen and oxygen atoms in total. The minimum absolute atomic E-state index is 0.113. The van der Waals surface area contributed by atoms with Crippen molar-refractivity contribution in [3.8, 4) is 12.3 Å². The van der Waals surface area contributed by atoms with Crippen molar-refractivity contribution in [2.75, 3.05) is 26.2 Å². The lowest BCUT2D eigenvalue weighted by atomic mass is 9.99. The first-order chi connectivity index (χ1) is 20.1. The summed E-state index contributed by atoms with van der Waals surface area (Å²) in [7, 11) is 0. The molecule has 0 saturated carbocycles. The van der Waals surface area contributed by atoms with Crippen LogP contribution in [0.25, 0.3) is 0 Å². The number of hydrogen-bond donors (Lipinski definition) is 3. The molecule has 2 unspecified atom stereocenters. The summed E-state index contributed by atoms with van der Waals surface area (Å²) in [6.45, 7) is 11.9. The van der Waals surface area contributed by atoms with E-state index < -0.39 is 18.1 Å². The normalized spacial score (nSPS) is 12.5. The molecule has 0 heterocycles. The second-order valence-electron chi connectivity index (χ2n) is 11.2. The summed E-state index contributed by atoms with van der Waals surface area (Å²) in [5.41, 5.74) is 4.89. The summed E-state index contributed by atoms with van der Waals surface area (Å²) in [6, 6.07) is 13.7. The second kappa shape index (κ2) is 18.0. The number of rotatable bonds is 17. The first kappa shape index (κ1) is 34.5. The molecule has 3 N–H and O–H groups in total. The number of terminal acetylenes is 1. The van der Waals surface area contributed by atoms with Crippen molar-refractivity contribution in [3.63, 3.8) is 0 Å². The van der Waals surface area contributed by atoms with Crippen LogP contribution in [-0.4, -0.2) is 71.1 Å². The van der Waals surface area contributed by atoms with Crippen molar-refractivity contribution >= 4 is 17.7 Å². The Hall–Kier alpha value is -3.67. The molecule has 0 spiro atoms. The predicted molar refractivity (Wildman–Crippen MR) is 168 cm³/mol. The highest BCUT2D eigenvalue weighted by Crippen LogP contribution is 2.15. The third-order valence-electron chi connectivity index (χ3n) is 6.74. The van der Waals surface area contributed by atoms with Gasteiger partial charge in [0.1, 0.15) is 0 Å². The van der Waals surface area contributed by atoms with Crippen molar-refractivity contribution in [2.45, 2.75) is 78.9 Å². The largest absolute Gasteiger partial charge is 0.390 e. The predicted octanol–water partition coefficient (Wildman–Crippen LogP) is 4.42. The highest BCUT2D eigenvalue weighted by atomic mass is 16.3. The van der Waals surface area contributed by atoms with E-state index in [2.05, 4.69) is 16.7 Å². The van der Waals surface area contributed by atoms with Crippen LogP contribution in [0.4, 0.5) is 0 Å². The summed E-state index contributed by atoms with van der Waals surface area (Å²) in [5, 5.41) is 16.1. The molecule has 228 valence electrons. The van der Waals surface area contributed by atoms with Crippen LogP contribution in [0.3, 0.4) is 0 Å². The van der Waals surface area contributed by atoms with E-state index in [1.54, 1.807) is 28.1 Å². The van der Waals surface area contributed by atoms with Crippen LogP contribution in [0.15, 0.2) is 48.5 Å². The van der Waals surface area contributed by atoms with E-state index >= 15 is 0 Å². The smallest absolute Gasteiger partial charge is 0.253 e. The summed E-state index contributed by atoms with van der Waals surface area (Å²) in [5.74, 6) is 2.04. The minimum atomic E-state index is -0.999. The molecule has 0 saturated heterocycles. The molecular weight excluding hydrogens is 528 g/mol. The van der Waals surface area contributed by atoms with Gasteiger partial charge < -0.3 is 15.3 Å². The Kier molecular flexibility index (Phi) is 14.8. The highest BCUT2D eigenvalue weighted by molar-refractivity contribution is 6.00. The topological polar surface area (TPSA) is 102 Å². The fourth-order valence-corrected chi connectivity index (χ4v) is 4.81. The van der Waals surface area contributed by atoms with Crippen LogP contribution < -0.4 is 10.7 Å². The van der Waals surface area contributed by atoms with Gasteiger partial charge in [0.25, 0.3) is 11.8 Å². The van der Waals surface area contributed by atoms with Gasteiger partial charge in [0.15, 0.2) is 0 Å². The summed E-state index contributed by atoms with van der Waals surface area (Å²) < 4.78 is 0. The molecule has 2 aromatic rings. The maximum atomic E-state index is 13.6. The molecule has 3 amide bonds. The summed E-state index contributed by atoms with van der Waals surface area (Å²) in [6.07, 6.45) is 7.86. The summed E-state index contributed by atoms with van der Waals surface area (Å²) in [4.78, 5) is 41.2. The highest BCUT2D eigenvalue weighted by Gasteiger charge is 2.26. The molecule has 0 fully saturated rings. The SMILES string of the molecule is C#Cc1cc(C(=O)NC(Cc2ccccc2)C(O)CN(CCC)NC(=O)CC(C)C)cc(C(=O)N(CCC)CCC)c1. The van der Waals surface area contributed by atoms with Gasteiger partial charge in [-0.15, -0.1) is 6.42 Å². The number of carbonyl (C=O) groups is 3. The quantitative estimate of drug-likeness (QED) is 0.191.